The number of fused-ring (bicyclic) bond motifs is 2. The van der Waals surface area contributed by atoms with Crippen LogP contribution in [0.15, 0.2) is 46.1 Å². The number of benzene rings is 2. The van der Waals surface area contributed by atoms with Crippen molar-refractivity contribution in [2.24, 2.45) is 0 Å². The number of aromatic nitrogens is 1. The molecule has 0 atom stereocenters. The number of nitrogens with zero attached hydrogens (tertiary/aromatic N) is 2. The van der Waals surface area contributed by atoms with Crippen molar-refractivity contribution in [2.75, 3.05) is 16.2 Å². The van der Waals surface area contributed by atoms with E-state index in [1.807, 2.05) is 13.8 Å². The Morgan fingerprint density at radius 2 is 1.97 bits per heavy atom. The maximum absolute atomic E-state index is 12.9. The highest BCUT2D eigenvalue weighted by molar-refractivity contribution is 7.92. The van der Waals surface area contributed by atoms with Crippen LogP contribution in [0.5, 0.6) is 0 Å². The molecule has 3 aromatic rings. The Bertz CT molecular complexity index is 1270. The number of hydrogen-bond acceptors (Lipinski definition) is 5. The standard InChI is InChI=1S/C20H21N3O4S2/c1-3-19(24)23-10-9-13-11-15(6-8-16(13)23)29(26,27)21-14-5-7-17-18(12-14)28-20(25)22(17)4-2/h5-8,11-12,21H,3-4,9-10H2,1-2H3. The average molecular weight is 432 g/mol. The zero-order chi connectivity index (χ0) is 20.8. The predicted octanol–water partition coefficient (Wildman–Crippen LogP) is 3.18. The highest BCUT2D eigenvalue weighted by Crippen LogP contribution is 2.31. The average Bonchev–Trinajstić information content (AvgIpc) is 3.26. The number of sulfonamides is 1. The van der Waals surface area contributed by atoms with E-state index in [2.05, 4.69) is 4.72 Å². The fourth-order valence-electron chi connectivity index (χ4n) is 3.64. The fourth-order valence-corrected chi connectivity index (χ4v) is 5.73. The summed E-state index contributed by atoms with van der Waals surface area (Å²) >= 11 is 1.10. The molecular weight excluding hydrogens is 410 g/mol. The summed E-state index contributed by atoms with van der Waals surface area (Å²) in [5, 5.41) is 0. The lowest BCUT2D eigenvalue weighted by Crippen LogP contribution is -2.27. The first-order chi connectivity index (χ1) is 13.8. The van der Waals surface area contributed by atoms with Crippen molar-refractivity contribution in [3.05, 3.63) is 51.6 Å². The molecule has 0 bridgehead atoms. The minimum absolute atomic E-state index is 0.0313. The molecule has 0 spiro atoms. The third-order valence-corrected chi connectivity index (χ3v) is 7.42. The maximum Gasteiger partial charge on any atom is 0.308 e. The maximum atomic E-state index is 12.9. The van der Waals surface area contributed by atoms with Crippen LogP contribution in [0.25, 0.3) is 10.2 Å². The minimum atomic E-state index is -3.79. The van der Waals surface area contributed by atoms with Gasteiger partial charge in [0.2, 0.25) is 5.91 Å². The van der Waals surface area contributed by atoms with Crippen molar-refractivity contribution in [3.63, 3.8) is 0 Å². The summed E-state index contributed by atoms with van der Waals surface area (Å²) < 4.78 is 30.8. The van der Waals surface area contributed by atoms with Crippen molar-refractivity contribution in [1.82, 2.24) is 4.57 Å². The molecule has 0 radical (unpaired) electrons. The molecule has 0 saturated heterocycles. The predicted molar refractivity (Wildman–Crippen MR) is 115 cm³/mol. The summed E-state index contributed by atoms with van der Waals surface area (Å²) in [4.78, 5) is 25.8. The lowest BCUT2D eigenvalue weighted by molar-refractivity contribution is -0.118. The molecule has 1 aliphatic heterocycles. The van der Waals surface area contributed by atoms with Gasteiger partial charge in [-0.1, -0.05) is 18.3 Å². The van der Waals surface area contributed by atoms with E-state index < -0.39 is 10.0 Å². The summed E-state index contributed by atoms with van der Waals surface area (Å²) in [6.45, 7) is 4.85. The smallest absolute Gasteiger partial charge is 0.308 e. The first-order valence-electron chi connectivity index (χ1n) is 9.43. The number of hydrogen-bond donors (Lipinski definition) is 1. The van der Waals surface area contributed by atoms with Gasteiger partial charge in [0.15, 0.2) is 0 Å². The van der Waals surface area contributed by atoms with Gasteiger partial charge < -0.3 is 4.90 Å². The van der Waals surface area contributed by atoms with E-state index in [1.54, 1.807) is 39.8 Å². The van der Waals surface area contributed by atoms with E-state index in [0.29, 0.717) is 31.6 Å². The van der Waals surface area contributed by atoms with Gasteiger partial charge in [-0.15, -0.1) is 0 Å². The Morgan fingerprint density at radius 3 is 2.69 bits per heavy atom. The molecule has 2 heterocycles. The number of thiazole rings is 1. The molecule has 9 heteroatoms. The van der Waals surface area contributed by atoms with Crippen LogP contribution >= 0.6 is 11.3 Å². The molecule has 7 nitrogen and oxygen atoms in total. The number of carbonyl (C=O) groups excluding carboxylic acids is 1. The highest BCUT2D eigenvalue weighted by atomic mass is 32.2. The Hall–Kier alpha value is -2.65. The third kappa shape index (κ3) is 3.44. The van der Waals surface area contributed by atoms with Gasteiger partial charge in [0, 0.05) is 25.2 Å². The van der Waals surface area contributed by atoms with Gasteiger partial charge in [0.25, 0.3) is 10.0 Å². The first kappa shape index (κ1) is 19.7. The Balaban J connectivity index is 1.64. The molecule has 2 aromatic carbocycles. The first-order valence-corrected chi connectivity index (χ1v) is 11.7. The molecule has 0 aliphatic carbocycles. The fraction of sp³-hybridized carbons (Fsp3) is 0.300. The number of carbonyl (C=O) groups is 1. The van der Waals surface area contributed by atoms with E-state index in [4.69, 9.17) is 0 Å². The molecule has 1 N–H and O–H groups in total. The lowest BCUT2D eigenvalue weighted by atomic mass is 10.2. The molecule has 1 aromatic heterocycles. The monoisotopic (exact) mass is 431 g/mol. The van der Waals surface area contributed by atoms with Gasteiger partial charge in [0.05, 0.1) is 20.8 Å². The highest BCUT2D eigenvalue weighted by Gasteiger charge is 2.26. The molecular formula is C20H21N3O4S2. The van der Waals surface area contributed by atoms with Gasteiger partial charge in [-0.2, -0.15) is 0 Å². The van der Waals surface area contributed by atoms with Gasteiger partial charge in [-0.05, 0) is 55.3 Å². The topological polar surface area (TPSA) is 88.5 Å². The van der Waals surface area contributed by atoms with Gasteiger partial charge in [-0.3, -0.25) is 18.9 Å². The largest absolute Gasteiger partial charge is 0.312 e. The van der Waals surface area contributed by atoms with Crippen LogP contribution in [0.2, 0.25) is 0 Å². The Morgan fingerprint density at radius 1 is 1.17 bits per heavy atom. The molecule has 1 aliphatic rings. The second-order valence-electron chi connectivity index (χ2n) is 6.84. The van der Waals surface area contributed by atoms with Crippen LogP contribution in [0, 0.1) is 0 Å². The van der Waals surface area contributed by atoms with E-state index in [1.165, 1.54) is 6.07 Å². The van der Waals surface area contributed by atoms with E-state index in [-0.39, 0.29) is 15.7 Å². The number of amides is 1. The summed E-state index contributed by atoms with van der Waals surface area (Å²) in [6.07, 6.45) is 1.05. The van der Waals surface area contributed by atoms with Crippen molar-refractivity contribution in [1.29, 1.82) is 0 Å². The molecule has 4 rings (SSSR count). The van der Waals surface area contributed by atoms with Crippen LogP contribution in [0.4, 0.5) is 11.4 Å². The summed E-state index contributed by atoms with van der Waals surface area (Å²) in [6, 6.07) is 9.94. The summed E-state index contributed by atoms with van der Waals surface area (Å²) in [7, 11) is -3.79. The molecule has 0 saturated carbocycles. The van der Waals surface area contributed by atoms with Crippen molar-refractivity contribution >= 4 is 48.9 Å². The van der Waals surface area contributed by atoms with Crippen LogP contribution in [0.3, 0.4) is 0 Å². The van der Waals surface area contributed by atoms with Gasteiger partial charge in [0.1, 0.15) is 0 Å². The second-order valence-corrected chi connectivity index (χ2v) is 9.52. The molecule has 0 fully saturated rings. The lowest BCUT2D eigenvalue weighted by Gasteiger charge is -2.16. The van der Waals surface area contributed by atoms with Crippen LogP contribution < -0.4 is 14.5 Å². The minimum Gasteiger partial charge on any atom is -0.312 e. The second kappa shape index (κ2) is 7.31. The van der Waals surface area contributed by atoms with Gasteiger partial charge in [-0.25, -0.2) is 8.42 Å². The molecule has 0 unspecified atom stereocenters. The number of nitrogens with one attached hydrogen (secondary N) is 1. The van der Waals surface area contributed by atoms with Crippen molar-refractivity contribution < 1.29 is 13.2 Å². The van der Waals surface area contributed by atoms with Crippen LogP contribution in [0.1, 0.15) is 25.8 Å². The van der Waals surface area contributed by atoms with Crippen molar-refractivity contribution in [3.8, 4) is 0 Å². The zero-order valence-electron chi connectivity index (χ0n) is 16.1. The third-order valence-electron chi connectivity index (χ3n) is 5.10. The summed E-state index contributed by atoms with van der Waals surface area (Å²) in [5.74, 6) is 0.0313. The summed E-state index contributed by atoms with van der Waals surface area (Å²) in [5.41, 5.74) is 2.83. The van der Waals surface area contributed by atoms with Crippen LogP contribution in [-0.4, -0.2) is 25.4 Å². The normalized spacial score (nSPS) is 13.7. The van der Waals surface area contributed by atoms with E-state index in [9.17, 15) is 18.0 Å². The Kier molecular flexibility index (Phi) is 4.95. The molecule has 152 valence electrons. The molecule has 1 amide bonds. The zero-order valence-corrected chi connectivity index (χ0v) is 17.8. The van der Waals surface area contributed by atoms with Gasteiger partial charge >= 0.3 is 4.87 Å². The van der Waals surface area contributed by atoms with Crippen LogP contribution in [-0.2, 0) is 27.8 Å². The Labute approximate surface area is 172 Å². The number of aryl methyl sites for hydroxylation is 1. The number of anilines is 2. The molecule has 29 heavy (non-hydrogen) atoms. The van der Waals surface area contributed by atoms with E-state index in [0.717, 1.165) is 32.8 Å². The quantitative estimate of drug-likeness (QED) is 0.672. The van der Waals surface area contributed by atoms with Crippen molar-refractivity contribution in [2.45, 2.75) is 38.1 Å². The SMILES string of the molecule is CCC(=O)N1CCc2cc(S(=O)(=O)Nc3ccc4c(c3)sc(=O)n4CC)ccc21. The van der Waals surface area contributed by atoms with E-state index >= 15 is 0 Å². The number of rotatable bonds is 5.